The molecule has 0 aliphatic carbocycles. The minimum Gasteiger partial charge on any atom is -0.494 e. The van der Waals surface area contributed by atoms with Gasteiger partial charge < -0.3 is 14.2 Å². The van der Waals surface area contributed by atoms with Crippen molar-refractivity contribution >= 4 is 22.4 Å². The number of thiazole rings is 1. The molecule has 0 radical (unpaired) electrons. The predicted molar refractivity (Wildman–Crippen MR) is 131 cm³/mol. The molecule has 0 amide bonds. The molecular weight excluding hydrogens is 438 g/mol. The number of rotatable bonds is 10. The highest BCUT2D eigenvalue weighted by Crippen LogP contribution is 2.28. The molecule has 0 N–H and O–H groups in total. The van der Waals surface area contributed by atoms with Crippen LogP contribution >= 0.6 is 11.3 Å². The van der Waals surface area contributed by atoms with Crippen molar-refractivity contribution in [3.8, 4) is 28.6 Å². The zero-order valence-electron chi connectivity index (χ0n) is 19.0. The highest BCUT2D eigenvalue weighted by atomic mass is 32.1. The summed E-state index contributed by atoms with van der Waals surface area (Å²) in [6.07, 6.45) is 5.11. The van der Waals surface area contributed by atoms with Crippen LogP contribution in [0.4, 0.5) is 0 Å². The summed E-state index contributed by atoms with van der Waals surface area (Å²) in [5, 5.41) is 4.42. The molecule has 0 atom stereocenters. The van der Waals surface area contributed by atoms with Gasteiger partial charge in [0.05, 0.1) is 24.9 Å². The molecule has 0 spiro atoms. The average Bonchev–Trinajstić information content (AvgIpc) is 3.37. The topological polar surface area (TPSA) is 75.0 Å². The van der Waals surface area contributed by atoms with Crippen LogP contribution in [-0.2, 0) is 0 Å². The summed E-state index contributed by atoms with van der Waals surface area (Å²) in [6, 6.07) is 13.2. The molecule has 0 unspecified atom stereocenters. The molecule has 0 bridgehead atoms. The molecule has 0 fully saturated rings. The van der Waals surface area contributed by atoms with E-state index in [1.54, 1.807) is 7.11 Å². The third kappa shape index (κ3) is 5.17. The molecule has 2 aromatic carbocycles. The molecule has 2 aromatic heterocycles. The first-order chi connectivity index (χ1) is 16.1. The third-order valence-electron chi connectivity index (χ3n) is 5.10. The van der Waals surface area contributed by atoms with Crippen LogP contribution in [0.2, 0.25) is 0 Å². The third-order valence-corrected chi connectivity index (χ3v) is 6.06. The van der Waals surface area contributed by atoms with Crippen molar-refractivity contribution in [3.63, 3.8) is 0 Å². The minimum absolute atomic E-state index is 0.196. The molecule has 8 heteroatoms. The Morgan fingerprint density at radius 1 is 1.03 bits per heavy atom. The first-order valence-electron chi connectivity index (χ1n) is 11.1. The van der Waals surface area contributed by atoms with E-state index in [2.05, 4.69) is 17.0 Å². The van der Waals surface area contributed by atoms with Crippen molar-refractivity contribution in [2.45, 2.75) is 33.1 Å². The molecule has 4 rings (SSSR count). The van der Waals surface area contributed by atoms with Crippen LogP contribution in [0.5, 0.6) is 17.2 Å². The van der Waals surface area contributed by atoms with E-state index in [1.165, 1.54) is 15.9 Å². The SMILES string of the molecule is CCCCCOc1ccc(/C=c2\sc3nc(-c4ccc(OCC)cc4)nn3c2=O)cc1OC. The average molecular weight is 466 g/mol. The summed E-state index contributed by atoms with van der Waals surface area (Å²) in [6.45, 7) is 5.36. The molecule has 0 saturated heterocycles. The van der Waals surface area contributed by atoms with Crippen molar-refractivity contribution in [2.75, 3.05) is 20.3 Å². The number of hydrogen-bond acceptors (Lipinski definition) is 7. The van der Waals surface area contributed by atoms with E-state index in [4.69, 9.17) is 14.2 Å². The van der Waals surface area contributed by atoms with Crippen LogP contribution in [0.15, 0.2) is 47.3 Å². The lowest BCUT2D eigenvalue weighted by atomic mass is 10.2. The Morgan fingerprint density at radius 2 is 1.85 bits per heavy atom. The summed E-state index contributed by atoms with van der Waals surface area (Å²) in [4.78, 5) is 18.0. The van der Waals surface area contributed by atoms with Crippen LogP contribution in [0.1, 0.15) is 38.7 Å². The maximum atomic E-state index is 12.9. The Morgan fingerprint density at radius 3 is 2.55 bits per heavy atom. The summed E-state index contributed by atoms with van der Waals surface area (Å²) in [5.74, 6) is 2.65. The van der Waals surface area contributed by atoms with Crippen molar-refractivity contribution in [1.82, 2.24) is 14.6 Å². The van der Waals surface area contributed by atoms with Crippen molar-refractivity contribution in [2.24, 2.45) is 0 Å². The normalized spacial score (nSPS) is 11.8. The van der Waals surface area contributed by atoms with Gasteiger partial charge >= 0.3 is 0 Å². The van der Waals surface area contributed by atoms with Gasteiger partial charge in [-0.1, -0.05) is 37.2 Å². The Labute approximate surface area is 196 Å². The number of fused-ring (bicyclic) bond motifs is 1. The molecule has 4 aromatic rings. The van der Waals surface area contributed by atoms with Gasteiger partial charge in [-0.2, -0.15) is 9.50 Å². The maximum absolute atomic E-state index is 12.9. The van der Waals surface area contributed by atoms with Gasteiger partial charge in [0.25, 0.3) is 5.56 Å². The number of benzene rings is 2. The molecule has 7 nitrogen and oxygen atoms in total. The summed E-state index contributed by atoms with van der Waals surface area (Å²) in [5.41, 5.74) is 1.48. The number of methoxy groups -OCH3 is 1. The highest BCUT2D eigenvalue weighted by Gasteiger charge is 2.13. The van der Waals surface area contributed by atoms with Crippen LogP contribution < -0.4 is 24.3 Å². The largest absolute Gasteiger partial charge is 0.494 e. The lowest BCUT2D eigenvalue weighted by molar-refractivity contribution is 0.286. The number of hydrogen-bond donors (Lipinski definition) is 0. The van der Waals surface area contributed by atoms with Crippen LogP contribution in [0.3, 0.4) is 0 Å². The molecule has 33 heavy (non-hydrogen) atoms. The van der Waals surface area contributed by atoms with Crippen LogP contribution in [0, 0.1) is 0 Å². The zero-order valence-corrected chi connectivity index (χ0v) is 19.9. The van der Waals surface area contributed by atoms with E-state index in [0.717, 1.165) is 36.1 Å². The van der Waals surface area contributed by atoms with Gasteiger partial charge in [0.15, 0.2) is 17.3 Å². The first-order valence-corrected chi connectivity index (χ1v) is 11.9. The van der Waals surface area contributed by atoms with Gasteiger partial charge in [-0.05, 0) is 61.4 Å². The second-order valence-corrected chi connectivity index (χ2v) is 8.48. The highest BCUT2D eigenvalue weighted by molar-refractivity contribution is 7.15. The molecule has 0 saturated carbocycles. The fraction of sp³-hybridized carbons (Fsp3) is 0.320. The van der Waals surface area contributed by atoms with Gasteiger partial charge in [0.1, 0.15) is 5.75 Å². The Kier molecular flexibility index (Phi) is 7.24. The Hall–Kier alpha value is -3.39. The number of ether oxygens (including phenoxy) is 3. The van der Waals surface area contributed by atoms with E-state index >= 15 is 0 Å². The van der Waals surface area contributed by atoms with E-state index in [0.29, 0.717) is 40.0 Å². The predicted octanol–water partition coefficient (Wildman–Crippen LogP) is 4.34. The van der Waals surface area contributed by atoms with Gasteiger partial charge in [0.2, 0.25) is 4.96 Å². The monoisotopic (exact) mass is 465 g/mol. The minimum atomic E-state index is -0.196. The van der Waals surface area contributed by atoms with E-state index in [-0.39, 0.29) is 5.56 Å². The molecule has 172 valence electrons. The fourth-order valence-corrected chi connectivity index (χ4v) is 4.31. The van der Waals surface area contributed by atoms with Gasteiger partial charge in [-0.15, -0.1) is 5.10 Å². The fourth-order valence-electron chi connectivity index (χ4n) is 3.40. The zero-order chi connectivity index (χ0) is 23.2. The molecular formula is C25H27N3O4S. The first kappa shape index (κ1) is 22.8. The molecule has 0 aliphatic heterocycles. The van der Waals surface area contributed by atoms with Crippen LogP contribution in [0.25, 0.3) is 22.4 Å². The Balaban J connectivity index is 1.58. The number of aromatic nitrogens is 3. The second kappa shape index (κ2) is 10.5. The Bertz CT molecular complexity index is 1330. The summed E-state index contributed by atoms with van der Waals surface area (Å²) in [7, 11) is 1.61. The lowest BCUT2D eigenvalue weighted by Gasteiger charge is -2.11. The van der Waals surface area contributed by atoms with E-state index < -0.39 is 0 Å². The quantitative estimate of drug-likeness (QED) is 0.324. The van der Waals surface area contributed by atoms with Gasteiger partial charge in [-0.25, -0.2) is 0 Å². The lowest BCUT2D eigenvalue weighted by Crippen LogP contribution is -2.23. The number of nitrogens with zero attached hydrogens (tertiary/aromatic N) is 3. The maximum Gasteiger partial charge on any atom is 0.291 e. The summed E-state index contributed by atoms with van der Waals surface area (Å²) < 4.78 is 18.7. The molecule has 0 aliphatic rings. The second-order valence-electron chi connectivity index (χ2n) is 7.47. The number of unbranched alkanes of at least 4 members (excludes halogenated alkanes) is 2. The van der Waals surface area contributed by atoms with E-state index in [9.17, 15) is 4.79 Å². The van der Waals surface area contributed by atoms with Crippen molar-refractivity contribution in [1.29, 1.82) is 0 Å². The van der Waals surface area contributed by atoms with Crippen LogP contribution in [-0.4, -0.2) is 34.9 Å². The smallest absolute Gasteiger partial charge is 0.291 e. The van der Waals surface area contributed by atoms with Crippen molar-refractivity contribution < 1.29 is 14.2 Å². The van der Waals surface area contributed by atoms with Gasteiger partial charge in [-0.3, -0.25) is 4.79 Å². The standard InChI is InChI=1S/C25H27N3O4S/c1-4-6-7-14-32-20-13-8-17(15-21(20)30-3)16-22-24(29)28-25(33-22)26-23(27-28)18-9-11-19(12-10-18)31-5-2/h8-13,15-16H,4-7,14H2,1-3H3/b22-16-. The molecule has 2 heterocycles. The van der Waals surface area contributed by atoms with E-state index in [1.807, 2.05) is 55.5 Å². The van der Waals surface area contributed by atoms with Crippen molar-refractivity contribution in [3.05, 3.63) is 62.9 Å². The summed E-state index contributed by atoms with van der Waals surface area (Å²) >= 11 is 1.31. The van der Waals surface area contributed by atoms with Gasteiger partial charge in [0, 0.05) is 5.56 Å².